The Morgan fingerprint density at radius 2 is 2.13 bits per heavy atom. The molecule has 0 aliphatic carbocycles. The number of fused-ring (bicyclic) bond motifs is 1. The highest BCUT2D eigenvalue weighted by atomic mass is 79.9. The molecule has 0 spiro atoms. The van der Waals surface area contributed by atoms with Gasteiger partial charge in [0.2, 0.25) is 0 Å². The number of aromatic nitrogens is 1. The van der Waals surface area contributed by atoms with Crippen molar-refractivity contribution >= 4 is 44.2 Å². The van der Waals surface area contributed by atoms with Gasteiger partial charge in [0.15, 0.2) is 5.78 Å². The molecule has 15 heavy (non-hydrogen) atoms. The molecule has 0 aliphatic rings. The molecule has 0 saturated heterocycles. The van der Waals surface area contributed by atoms with Crippen LogP contribution in [-0.2, 0) is 7.05 Å². The van der Waals surface area contributed by atoms with E-state index in [0.717, 1.165) is 15.4 Å². The SMILES string of the molecule is CC(=O)c1c(Cl)c2c(Br)cccc2n1C. The zero-order chi connectivity index (χ0) is 11.2. The van der Waals surface area contributed by atoms with Gasteiger partial charge in [-0.25, -0.2) is 0 Å². The van der Waals surface area contributed by atoms with Crippen LogP contribution in [0.1, 0.15) is 17.4 Å². The molecule has 0 atom stereocenters. The van der Waals surface area contributed by atoms with Gasteiger partial charge < -0.3 is 4.57 Å². The highest BCUT2D eigenvalue weighted by Gasteiger charge is 2.18. The minimum atomic E-state index is -0.0226. The number of carbonyl (C=O) groups excluding carboxylic acids is 1. The van der Waals surface area contributed by atoms with Crippen molar-refractivity contribution in [2.45, 2.75) is 6.92 Å². The van der Waals surface area contributed by atoms with E-state index in [1.54, 1.807) is 0 Å². The molecular formula is C11H9BrClNO. The zero-order valence-electron chi connectivity index (χ0n) is 8.34. The first-order valence-electron chi connectivity index (χ1n) is 4.47. The standard InChI is InChI=1S/C11H9BrClNO/c1-6(15)11-10(13)9-7(12)4-3-5-8(9)14(11)2/h3-5H,1-2H3. The fourth-order valence-corrected chi connectivity index (χ4v) is 2.91. The summed E-state index contributed by atoms with van der Waals surface area (Å²) in [6.45, 7) is 1.52. The van der Waals surface area contributed by atoms with E-state index in [9.17, 15) is 4.79 Å². The number of aryl methyl sites for hydroxylation is 1. The van der Waals surface area contributed by atoms with Crippen molar-refractivity contribution in [3.63, 3.8) is 0 Å². The van der Waals surface area contributed by atoms with Gasteiger partial charge in [-0.15, -0.1) is 0 Å². The molecule has 78 valence electrons. The molecule has 1 aromatic heterocycles. The molecule has 1 heterocycles. The van der Waals surface area contributed by atoms with Gasteiger partial charge in [-0.2, -0.15) is 0 Å². The number of hydrogen-bond donors (Lipinski definition) is 0. The van der Waals surface area contributed by atoms with Crippen molar-refractivity contribution < 1.29 is 4.79 Å². The van der Waals surface area contributed by atoms with Gasteiger partial charge in [0.05, 0.1) is 10.5 Å². The van der Waals surface area contributed by atoms with E-state index >= 15 is 0 Å². The Kier molecular flexibility index (Phi) is 2.61. The van der Waals surface area contributed by atoms with E-state index in [-0.39, 0.29) is 5.78 Å². The minimum absolute atomic E-state index is 0.0226. The summed E-state index contributed by atoms with van der Waals surface area (Å²) in [7, 11) is 1.84. The third-order valence-electron chi connectivity index (χ3n) is 2.45. The van der Waals surface area contributed by atoms with Crippen molar-refractivity contribution in [3.05, 3.63) is 33.4 Å². The molecule has 0 saturated carbocycles. The molecule has 1 aromatic carbocycles. The number of benzene rings is 1. The molecular weight excluding hydrogens is 277 g/mol. The molecule has 4 heteroatoms. The van der Waals surface area contributed by atoms with E-state index in [1.807, 2.05) is 29.8 Å². The second kappa shape index (κ2) is 3.65. The number of hydrogen-bond acceptors (Lipinski definition) is 1. The molecule has 0 fully saturated rings. The van der Waals surface area contributed by atoms with Crippen LogP contribution in [-0.4, -0.2) is 10.4 Å². The van der Waals surface area contributed by atoms with Crippen LogP contribution in [0.5, 0.6) is 0 Å². The number of rotatable bonds is 1. The van der Waals surface area contributed by atoms with Gasteiger partial charge in [-0.05, 0) is 12.1 Å². The number of halogens is 2. The van der Waals surface area contributed by atoms with Crippen LogP contribution >= 0.6 is 27.5 Å². The van der Waals surface area contributed by atoms with Gasteiger partial charge >= 0.3 is 0 Å². The van der Waals surface area contributed by atoms with E-state index in [4.69, 9.17) is 11.6 Å². The highest BCUT2D eigenvalue weighted by molar-refractivity contribution is 9.10. The largest absolute Gasteiger partial charge is 0.340 e. The molecule has 0 aliphatic heterocycles. The Balaban J connectivity index is 2.98. The number of Topliss-reactive ketones (excluding diaryl/α,β-unsaturated/α-hetero) is 1. The van der Waals surface area contributed by atoms with Crippen LogP contribution < -0.4 is 0 Å². The van der Waals surface area contributed by atoms with Crippen LogP contribution in [0.25, 0.3) is 10.9 Å². The summed E-state index contributed by atoms with van der Waals surface area (Å²) in [5.74, 6) is -0.0226. The highest BCUT2D eigenvalue weighted by Crippen LogP contribution is 2.35. The monoisotopic (exact) mass is 285 g/mol. The second-order valence-electron chi connectivity index (χ2n) is 3.41. The summed E-state index contributed by atoms with van der Waals surface area (Å²) < 4.78 is 2.73. The van der Waals surface area contributed by atoms with Crippen molar-refractivity contribution in [2.75, 3.05) is 0 Å². The van der Waals surface area contributed by atoms with E-state index in [2.05, 4.69) is 15.9 Å². The summed E-state index contributed by atoms with van der Waals surface area (Å²) in [6, 6.07) is 5.78. The first-order chi connectivity index (χ1) is 7.04. The third-order valence-corrected chi connectivity index (χ3v) is 3.48. The number of nitrogens with zero attached hydrogens (tertiary/aromatic N) is 1. The molecule has 0 unspecified atom stereocenters. The zero-order valence-corrected chi connectivity index (χ0v) is 10.7. The fourth-order valence-electron chi connectivity index (χ4n) is 1.79. The van der Waals surface area contributed by atoms with E-state index < -0.39 is 0 Å². The second-order valence-corrected chi connectivity index (χ2v) is 4.64. The fraction of sp³-hybridized carbons (Fsp3) is 0.182. The number of carbonyl (C=O) groups is 1. The summed E-state index contributed by atoms with van der Waals surface area (Å²) in [5, 5.41) is 1.42. The lowest BCUT2D eigenvalue weighted by Crippen LogP contribution is -2.01. The average Bonchev–Trinajstić information content (AvgIpc) is 2.40. The predicted octanol–water partition coefficient (Wildman–Crippen LogP) is 3.80. The van der Waals surface area contributed by atoms with Crippen molar-refractivity contribution in [1.29, 1.82) is 0 Å². The Bertz CT molecular complexity index is 559. The van der Waals surface area contributed by atoms with E-state index in [0.29, 0.717) is 10.7 Å². The van der Waals surface area contributed by atoms with Crippen LogP contribution in [0, 0.1) is 0 Å². The van der Waals surface area contributed by atoms with Gasteiger partial charge in [0.1, 0.15) is 5.69 Å². The summed E-state index contributed by atoms with van der Waals surface area (Å²) in [6.07, 6.45) is 0. The Morgan fingerprint density at radius 1 is 1.47 bits per heavy atom. The average molecular weight is 287 g/mol. The minimum Gasteiger partial charge on any atom is -0.340 e. The van der Waals surface area contributed by atoms with Gasteiger partial charge in [0.25, 0.3) is 0 Å². The van der Waals surface area contributed by atoms with Gasteiger partial charge in [0, 0.05) is 23.8 Å². The predicted molar refractivity (Wildman–Crippen MR) is 65.6 cm³/mol. The van der Waals surface area contributed by atoms with Crippen LogP contribution in [0.4, 0.5) is 0 Å². The van der Waals surface area contributed by atoms with Crippen molar-refractivity contribution in [3.8, 4) is 0 Å². The lowest BCUT2D eigenvalue weighted by molar-refractivity contribution is 0.101. The van der Waals surface area contributed by atoms with Crippen LogP contribution in [0.15, 0.2) is 22.7 Å². The Morgan fingerprint density at radius 3 is 2.67 bits per heavy atom. The maximum absolute atomic E-state index is 11.4. The Hall–Kier alpha value is -0.800. The van der Waals surface area contributed by atoms with Crippen molar-refractivity contribution in [1.82, 2.24) is 4.57 Å². The summed E-state index contributed by atoms with van der Waals surface area (Å²) in [4.78, 5) is 11.4. The normalized spacial score (nSPS) is 10.9. The van der Waals surface area contributed by atoms with Crippen molar-refractivity contribution in [2.24, 2.45) is 7.05 Å². The van der Waals surface area contributed by atoms with E-state index in [1.165, 1.54) is 6.92 Å². The molecule has 0 bridgehead atoms. The summed E-state index contributed by atoms with van der Waals surface area (Å²) >= 11 is 9.63. The molecule has 2 nitrogen and oxygen atoms in total. The molecule has 0 amide bonds. The summed E-state index contributed by atoms with van der Waals surface area (Å²) in [5.41, 5.74) is 1.51. The van der Waals surface area contributed by atoms with Crippen LogP contribution in [0.3, 0.4) is 0 Å². The lowest BCUT2D eigenvalue weighted by atomic mass is 10.2. The first kappa shape index (κ1) is 10.7. The molecule has 0 radical (unpaired) electrons. The third kappa shape index (κ3) is 1.50. The van der Waals surface area contributed by atoms with Gasteiger partial charge in [-0.1, -0.05) is 33.6 Å². The maximum Gasteiger partial charge on any atom is 0.177 e. The smallest absolute Gasteiger partial charge is 0.177 e. The van der Waals surface area contributed by atoms with Crippen LogP contribution in [0.2, 0.25) is 5.02 Å². The first-order valence-corrected chi connectivity index (χ1v) is 5.64. The molecule has 2 rings (SSSR count). The number of ketones is 1. The molecule has 0 N–H and O–H groups in total. The quantitative estimate of drug-likeness (QED) is 0.731. The lowest BCUT2D eigenvalue weighted by Gasteiger charge is -1.99. The van der Waals surface area contributed by atoms with Gasteiger partial charge in [-0.3, -0.25) is 4.79 Å². The molecule has 2 aromatic rings. The maximum atomic E-state index is 11.4. The Labute approximate surface area is 101 Å². The topological polar surface area (TPSA) is 22.0 Å².